The van der Waals surface area contributed by atoms with E-state index in [1.54, 1.807) is 12.3 Å². The lowest BCUT2D eigenvalue weighted by Crippen LogP contribution is -2.17. The lowest BCUT2D eigenvalue weighted by atomic mass is 10.1. The number of hydrogen-bond donors (Lipinski definition) is 2. The van der Waals surface area contributed by atoms with Gasteiger partial charge in [0, 0.05) is 5.56 Å². The van der Waals surface area contributed by atoms with Crippen molar-refractivity contribution in [1.82, 2.24) is 15.6 Å². The van der Waals surface area contributed by atoms with E-state index in [1.165, 1.54) is 0 Å². The third-order valence-corrected chi connectivity index (χ3v) is 3.46. The molecule has 1 aromatic heterocycles. The number of nitrogens with zero attached hydrogens (tertiary/aromatic N) is 2. The molecule has 0 atom stereocenters. The molecule has 0 aliphatic rings. The predicted octanol–water partition coefficient (Wildman–Crippen LogP) is 3.24. The number of benzene rings is 2. The first-order chi connectivity index (χ1) is 12.3. The molecule has 2 aromatic carbocycles. The van der Waals surface area contributed by atoms with E-state index < -0.39 is 0 Å². The second-order valence-corrected chi connectivity index (χ2v) is 5.23. The van der Waals surface area contributed by atoms with Gasteiger partial charge in [0.15, 0.2) is 0 Å². The fraction of sp³-hybridized carbons (Fsp3) is 0.105. The highest BCUT2D eigenvalue weighted by molar-refractivity contribution is 5.94. The van der Waals surface area contributed by atoms with Crippen molar-refractivity contribution in [3.8, 4) is 17.0 Å². The van der Waals surface area contributed by atoms with Gasteiger partial charge < -0.3 is 4.74 Å². The molecule has 3 aromatic rings. The zero-order valence-electron chi connectivity index (χ0n) is 13.8. The van der Waals surface area contributed by atoms with Gasteiger partial charge in [0.1, 0.15) is 11.4 Å². The van der Waals surface area contributed by atoms with Gasteiger partial charge in [0.2, 0.25) is 0 Å². The second kappa shape index (κ2) is 7.92. The van der Waals surface area contributed by atoms with E-state index in [1.807, 2.05) is 61.5 Å². The van der Waals surface area contributed by atoms with Gasteiger partial charge in [-0.25, -0.2) is 5.43 Å². The molecule has 2 N–H and O–H groups in total. The monoisotopic (exact) mass is 334 g/mol. The zero-order chi connectivity index (χ0) is 17.5. The summed E-state index contributed by atoms with van der Waals surface area (Å²) in [6.45, 7) is 2.56. The van der Waals surface area contributed by atoms with Gasteiger partial charge in [0.25, 0.3) is 5.91 Å². The van der Waals surface area contributed by atoms with Crippen molar-refractivity contribution in [1.29, 1.82) is 0 Å². The van der Waals surface area contributed by atoms with Gasteiger partial charge in [-0.05, 0) is 42.8 Å². The SMILES string of the molecule is CCOc1ccc(/C=N/NC(=O)c2cc(-c3ccccc3)n[nH]2)cc1. The fourth-order valence-corrected chi connectivity index (χ4v) is 2.24. The molecule has 6 nitrogen and oxygen atoms in total. The molecule has 6 heteroatoms. The topological polar surface area (TPSA) is 79.4 Å². The predicted molar refractivity (Wildman–Crippen MR) is 96.7 cm³/mol. The summed E-state index contributed by atoms with van der Waals surface area (Å²) < 4.78 is 5.37. The Morgan fingerprint density at radius 1 is 1.20 bits per heavy atom. The Labute approximate surface area is 145 Å². The van der Waals surface area contributed by atoms with Crippen molar-refractivity contribution in [3.63, 3.8) is 0 Å². The number of rotatable bonds is 6. The molecule has 0 saturated heterocycles. The largest absolute Gasteiger partial charge is 0.494 e. The average Bonchev–Trinajstić information content (AvgIpc) is 3.14. The van der Waals surface area contributed by atoms with Crippen LogP contribution in [0.2, 0.25) is 0 Å². The number of aromatic amines is 1. The van der Waals surface area contributed by atoms with Gasteiger partial charge in [-0.2, -0.15) is 10.2 Å². The second-order valence-electron chi connectivity index (χ2n) is 5.23. The molecule has 0 radical (unpaired) electrons. The number of carbonyl (C=O) groups is 1. The van der Waals surface area contributed by atoms with Crippen molar-refractivity contribution >= 4 is 12.1 Å². The first-order valence-corrected chi connectivity index (χ1v) is 7.93. The Morgan fingerprint density at radius 2 is 1.96 bits per heavy atom. The summed E-state index contributed by atoms with van der Waals surface area (Å²) in [5.41, 5.74) is 5.34. The first kappa shape index (κ1) is 16.4. The quantitative estimate of drug-likeness (QED) is 0.536. The molecular weight excluding hydrogens is 316 g/mol. The van der Waals surface area contributed by atoms with Gasteiger partial charge in [-0.15, -0.1) is 0 Å². The molecule has 0 bridgehead atoms. The maximum Gasteiger partial charge on any atom is 0.289 e. The number of carbonyl (C=O) groups excluding carboxylic acids is 1. The highest BCUT2D eigenvalue weighted by Gasteiger charge is 2.09. The molecule has 126 valence electrons. The summed E-state index contributed by atoms with van der Waals surface area (Å²) in [7, 11) is 0. The van der Waals surface area contributed by atoms with Crippen molar-refractivity contribution < 1.29 is 9.53 Å². The lowest BCUT2D eigenvalue weighted by molar-refractivity contribution is 0.0950. The molecule has 0 aliphatic heterocycles. The number of amides is 1. The van der Waals surface area contributed by atoms with Crippen molar-refractivity contribution in [3.05, 3.63) is 71.9 Å². The summed E-state index contributed by atoms with van der Waals surface area (Å²) in [6, 6.07) is 18.8. The maximum absolute atomic E-state index is 12.1. The van der Waals surface area contributed by atoms with E-state index >= 15 is 0 Å². The number of hydrogen-bond acceptors (Lipinski definition) is 4. The van der Waals surface area contributed by atoms with Crippen LogP contribution in [-0.4, -0.2) is 28.9 Å². The summed E-state index contributed by atoms with van der Waals surface area (Å²) in [4.78, 5) is 12.1. The van der Waals surface area contributed by atoms with Crippen molar-refractivity contribution in [2.45, 2.75) is 6.92 Å². The maximum atomic E-state index is 12.1. The third kappa shape index (κ3) is 4.32. The number of hydrazone groups is 1. The van der Waals surface area contributed by atoms with Gasteiger partial charge in [-0.3, -0.25) is 9.89 Å². The Morgan fingerprint density at radius 3 is 2.68 bits per heavy atom. The molecule has 0 fully saturated rings. The van der Waals surface area contributed by atoms with Crippen LogP contribution >= 0.6 is 0 Å². The number of nitrogens with one attached hydrogen (secondary N) is 2. The van der Waals surface area contributed by atoms with Crippen LogP contribution in [0.15, 0.2) is 65.8 Å². The van der Waals surface area contributed by atoms with E-state index in [2.05, 4.69) is 20.7 Å². The summed E-state index contributed by atoms with van der Waals surface area (Å²) >= 11 is 0. The molecule has 1 amide bonds. The van der Waals surface area contributed by atoms with Crippen LogP contribution in [0.25, 0.3) is 11.3 Å². The number of aromatic nitrogens is 2. The molecule has 0 saturated carbocycles. The van der Waals surface area contributed by atoms with Gasteiger partial charge >= 0.3 is 0 Å². The highest BCUT2D eigenvalue weighted by atomic mass is 16.5. The average molecular weight is 334 g/mol. The van der Waals surface area contributed by atoms with Gasteiger partial charge in [0.05, 0.1) is 18.5 Å². The third-order valence-electron chi connectivity index (χ3n) is 3.46. The minimum absolute atomic E-state index is 0.350. The summed E-state index contributed by atoms with van der Waals surface area (Å²) in [5.74, 6) is 0.450. The molecule has 0 spiro atoms. The number of ether oxygens (including phenoxy) is 1. The fourth-order valence-electron chi connectivity index (χ4n) is 2.24. The Balaban J connectivity index is 1.60. The van der Waals surface area contributed by atoms with Crippen LogP contribution in [0.1, 0.15) is 23.0 Å². The van der Waals surface area contributed by atoms with Gasteiger partial charge in [-0.1, -0.05) is 30.3 Å². The van der Waals surface area contributed by atoms with Crippen LogP contribution in [0.4, 0.5) is 0 Å². The minimum atomic E-state index is -0.350. The zero-order valence-corrected chi connectivity index (χ0v) is 13.8. The van der Waals surface area contributed by atoms with Crippen LogP contribution in [0, 0.1) is 0 Å². The van der Waals surface area contributed by atoms with Crippen LogP contribution in [0.3, 0.4) is 0 Å². The van der Waals surface area contributed by atoms with Crippen LogP contribution < -0.4 is 10.2 Å². The molecule has 0 aliphatic carbocycles. The van der Waals surface area contributed by atoms with Crippen LogP contribution in [0.5, 0.6) is 5.75 Å². The minimum Gasteiger partial charge on any atom is -0.494 e. The van der Waals surface area contributed by atoms with E-state index in [0.29, 0.717) is 18.0 Å². The molecular formula is C19H18N4O2. The van der Waals surface area contributed by atoms with Crippen molar-refractivity contribution in [2.75, 3.05) is 6.61 Å². The Bertz CT molecular complexity index is 855. The van der Waals surface area contributed by atoms with Crippen molar-refractivity contribution in [2.24, 2.45) is 5.10 Å². The lowest BCUT2D eigenvalue weighted by Gasteiger charge is -2.02. The smallest absolute Gasteiger partial charge is 0.289 e. The van der Waals surface area contributed by atoms with E-state index in [9.17, 15) is 4.79 Å². The number of H-pyrrole nitrogens is 1. The molecule has 0 unspecified atom stereocenters. The normalized spacial score (nSPS) is 10.8. The van der Waals surface area contributed by atoms with Crippen LogP contribution in [-0.2, 0) is 0 Å². The van der Waals surface area contributed by atoms with E-state index in [0.717, 1.165) is 16.9 Å². The Kier molecular flexibility index (Phi) is 5.21. The molecule has 3 rings (SSSR count). The van der Waals surface area contributed by atoms with E-state index in [4.69, 9.17) is 4.74 Å². The Hall–Kier alpha value is -3.41. The molecule has 25 heavy (non-hydrogen) atoms. The van der Waals surface area contributed by atoms with E-state index in [-0.39, 0.29) is 5.91 Å². The summed E-state index contributed by atoms with van der Waals surface area (Å²) in [6.07, 6.45) is 1.57. The summed E-state index contributed by atoms with van der Waals surface area (Å²) in [5, 5.41) is 10.8. The molecule has 1 heterocycles. The highest BCUT2D eigenvalue weighted by Crippen LogP contribution is 2.16. The standard InChI is InChI=1S/C19H18N4O2/c1-2-25-16-10-8-14(9-11-16)13-20-23-19(24)18-12-17(21-22-18)15-6-4-3-5-7-15/h3-13H,2H2,1H3,(H,21,22)(H,23,24)/b20-13+. The first-order valence-electron chi connectivity index (χ1n) is 7.93.